The third-order valence-corrected chi connectivity index (χ3v) is 3.14. The molecule has 118 valence electrons. The second-order valence-corrected chi connectivity index (χ2v) is 4.59. The van der Waals surface area contributed by atoms with E-state index >= 15 is 0 Å². The molecule has 2 N–H and O–H groups in total. The molecule has 0 unspecified atom stereocenters. The zero-order chi connectivity index (χ0) is 16.4. The number of ether oxygens (including phenoxy) is 1. The number of nitrogens with zero attached hydrogens (tertiary/aromatic N) is 1. The Morgan fingerprint density at radius 2 is 1.91 bits per heavy atom. The minimum Gasteiger partial charge on any atom is -0.494 e. The second-order valence-electron chi connectivity index (χ2n) is 4.59. The van der Waals surface area contributed by atoms with Gasteiger partial charge in [0.2, 0.25) is 0 Å². The molecule has 0 aliphatic heterocycles. The van der Waals surface area contributed by atoms with E-state index in [0.29, 0.717) is 12.4 Å². The van der Waals surface area contributed by atoms with Crippen molar-refractivity contribution in [1.82, 2.24) is 0 Å². The summed E-state index contributed by atoms with van der Waals surface area (Å²) in [5.74, 6) is 1.42. The number of amidine groups is 1. The molecule has 3 nitrogen and oxygen atoms in total. The molecule has 0 saturated heterocycles. The number of hydrogen-bond donors (Lipinski definition) is 1. The van der Waals surface area contributed by atoms with Crippen molar-refractivity contribution in [1.29, 1.82) is 0 Å². The van der Waals surface area contributed by atoms with Gasteiger partial charge in [0.25, 0.3) is 0 Å². The molecular weight excluding hydrogens is 272 g/mol. The van der Waals surface area contributed by atoms with Crippen LogP contribution in [0.5, 0.6) is 5.75 Å². The molecule has 22 heavy (non-hydrogen) atoms. The Kier molecular flexibility index (Phi) is 7.48. The van der Waals surface area contributed by atoms with Gasteiger partial charge in [-0.15, -0.1) is 0 Å². The summed E-state index contributed by atoms with van der Waals surface area (Å²) in [5, 5.41) is 0. The van der Waals surface area contributed by atoms with Crippen LogP contribution in [0.3, 0.4) is 0 Å². The third-order valence-electron chi connectivity index (χ3n) is 3.14. The molecule has 2 aromatic carbocycles. The van der Waals surface area contributed by atoms with Crippen molar-refractivity contribution in [3.8, 4) is 5.75 Å². The molecule has 0 bridgehead atoms. The smallest absolute Gasteiger partial charge is 0.125 e. The molecular formula is C19H26N2O. The van der Waals surface area contributed by atoms with E-state index < -0.39 is 0 Å². The van der Waals surface area contributed by atoms with Crippen LogP contribution < -0.4 is 10.5 Å². The van der Waals surface area contributed by atoms with Crippen molar-refractivity contribution in [3.63, 3.8) is 0 Å². The van der Waals surface area contributed by atoms with Gasteiger partial charge in [0.1, 0.15) is 11.6 Å². The average molecular weight is 298 g/mol. The Balaban J connectivity index is 0.000000460. The van der Waals surface area contributed by atoms with Crippen LogP contribution in [0.2, 0.25) is 0 Å². The zero-order valence-electron chi connectivity index (χ0n) is 13.5. The summed E-state index contributed by atoms with van der Waals surface area (Å²) < 4.78 is 5.46. The Morgan fingerprint density at radius 1 is 1.23 bits per heavy atom. The van der Waals surface area contributed by atoms with Crippen molar-refractivity contribution in [2.75, 3.05) is 13.7 Å². The number of aliphatic imine (C=N–C) groups is 1. The van der Waals surface area contributed by atoms with E-state index in [1.807, 2.05) is 68.5 Å². The lowest BCUT2D eigenvalue weighted by Gasteiger charge is -2.10. The highest BCUT2D eigenvalue weighted by atomic mass is 16.5. The van der Waals surface area contributed by atoms with E-state index in [4.69, 9.17) is 10.5 Å². The van der Waals surface area contributed by atoms with Crippen LogP contribution in [0.4, 0.5) is 0 Å². The Labute approximate surface area is 134 Å². The molecule has 0 aromatic heterocycles. The quantitative estimate of drug-likeness (QED) is 0.675. The van der Waals surface area contributed by atoms with E-state index in [1.54, 1.807) is 7.05 Å². The lowest BCUT2D eigenvalue weighted by atomic mass is 10.1. The van der Waals surface area contributed by atoms with Gasteiger partial charge >= 0.3 is 0 Å². The molecule has 0 radical (unpaired) electrons. The molecule has 0 atom stereocenters. The fourth-order valence-electron chi connectivity index (χ4n) is 1.91. The van der Waals surface area contributed by atoms with E-state index in [1.165, 1.54) is 5.56 Å². The van der Waals surface area contributed by atoms with Crippen LogP contribution in [0.15, 0.2) is 60.1 Å². The van der Waals surface area contributed by atoms with Crippen LogP contribution in [0, 0.1) is 6.92 Å². The van der Waals surface area contributed by atoms with Crippen molar-refractivity contribution in [2.24, 2.45) is 10.7 Å². The largest absolute Gasteiger partial charge is 0.494 e. The van der Waals surface area contributed by atoms with Crippen LogP contribution in [-0.2, 0) is 0 Å². The first-order valence-electron chi connectivity index (χ1n) is 7.26. The van der Waals surface area contributed by atoms with Crippen LogP contribution in [-0.4, -0.2) is 19.5 Å². The van der Waals surface area contributed by atoms with Gasteiger partial charge in [0.15, 0.2) is 0 Å². The molecule has 0 heterocycles. The molecule has 0 aliphatic rings. The van der Waals surface area contributed by atoms with Crippen LogP contribution in [0.25, 0.3) is 6.08 Å². The highest BCUT2D eigenvalue weighted by Gasteiger charge is 2.06. The van der Waals surface area contributed by atoms with E-state index in [2.05, 4.69) is 11.6 Å². The Bertz CT molecular complexity index is 625. The monoisotopic (exact) mass is 298 g/mol. The minimum atomic E-state index is 0. The summed E-state index contributed by atoms with van der Waals surface area (Å²) in [4.78, 5) is 3.96. The summed E-state index contributed by atoms with van der Waals surface area (Å²) in [6.07, 6.45) is 1.83. The highest BCUT2D eigenvalue weighted by molar-refractivity contribution is 5.99. The predicted molar refractivity (Wildman–Crippen MR) is 97.6 cm³/mol. The number of benzene rings is 2. The molecule has 0 fully saturated rings. The molecule has 0 amide bonds. The van der Waals surface area contributed by atoms with E-state index in [-0.39, 0.29) is 1.43 Å². The molecule has 2 aromatic rings. The van der Waals surface area contributed by atoms with Crippen molar-refractivity contribution < 1.29 is 6.16 Å². The van der Waals surface area contributed by atoms with Crippen molar-refractivity contribution in [2.45, 2.75) is 13.8 Å². The van der Waals surface area contributed by atoms with Crippen LogP contribution in [0.1, 0.15) is 25.0 Å². The first-order chi connectivity index (χ1) is 10.6. The van der Waals surface area contributed by atoms with Gasteiger partial charge < -0.3 is 10.5 Å². The maximum Gasteiger partial charge on any atom is 0.125 e. The van der Waals surface area contributed by atoms with E-state index in [9.17, 15) is 0 Å². The lowest BCUT2D eigenvalue weighted by molar-refractivity contribution is 0.338. The van der Waals surface area contributed by atoms with Gasteiger partial charge in [0, 0.05) is 19.6 Å². The SMILES string of the molecule is C=Cc1ccccc1.CCOc1cccc(C(N)=NC)c1C.[HH]. The average Bonchev–Trinajstić information content (AvgIpc) is 2.57. The maximum absolute atomic E-state index is 5.75. The fraction of sp³-hybridized carbons (Fsp3) is 0.211. The van der Waals surface area contributed by atoms with Gasteiger partial charge in [-0.05, 0) is 25.5 Å². The number of rotatable bonds is 4. The second kappa shape index (κ2) is 9.40. The molecule has 0 aliphatic carbocycles. The van der Waals surface area contributed by atoms with Gasteiger partial charge in [-0.1, -0.05) is 55.1 Å². The standard InChI is InChI=1S/C11H16N2O.C8H8.H2/c1-4-14-10-7-5-6-9(8(10)2)11(12)13-3;1-2-8-6-4-3-5-7-8;/h5-7H,4H2,1-3H3,(H2,12,13);2-7H,1H2;1H. The number of hydrogen-bond acceptors (Lipinski definition) is 2. The topological polar surface area (TPSA) is 47.6 Å². The number of nitrogens with two attached hydrogens (primary N) is 1. The molecule has 0 spiro atoms. The minimum absolute atomic E-state index is 0. The van der Waals surface area contributed by atoms with E-state index in [0.717, 1.165) is 16.9 Å². The normalized spacial score (nSPS) is 10.4. The Morgan fingerprint density at radius 3 is 2.41 bits per heavy atom. The first kappa shape index (κ1) is 17.5. The molecule has 0 saturated carbocycles. The molecule has 3 heteroatoms. The maximum atomic E-state index is 5.75. The highest BCUT2D eigenvalue weighted by Crippen LogP contribution is 2.20. The van der Waals surface area contributed by atoms with Crippen molar-refractivity contribution in [3.05, 3.63) is 71.8 Å². The summed E-state index contributed by atoms with van der Waals surface area (Å²) in [5.41, 5.74) is 8.91. The third kappa shape index (κ3) is 5.09. The van der Waals surface area contributed by atoms with Gasteiger partial charge in [-0.25, -0.2) is 0 Å². The predicted octanol–water partition coefficient (Wildman–Crippen LogP) is 4.30. The van der Waals surface area contributed by atoms with Crippen molar-refractivity contribution >= 4 is 11.9 Å². The summed E-state index contributed by atoms with van der Waals surface area (Å²) in [7, 11) is 1.68. The Hall–Kier alpha value is -2.55. The zero-order valence-corrected chi connectivity index (χ0v) is 13.5. The molecule has 2 rings (SSSR count). The summed E-state index contributed by atoms with van der Waals surface area (Å²) >= 11 is 0. The van der Waals surface area contributed by atoms with Gasteiger partial charge in [0.05, 0.1) is 6.61 Å². The van der Waals surface area contributed by atoms with Gasteiger partial charge in [-0.2, -0.15) is 0 Å². The fourth-order valence-corrected chi connectivity index (χ4v) is 1.91. The lowest BCUT2D eigenvalue weighted by Crippen LogP contribution is -2.15. The van der Waals surface area contributed by atoms with Gasteiger partial charge in [-0.3, -0.25) is 4.99 Å². The van der Waals surface area contributed by atoms with Crippen LogP contribution >= 0.6 is 0 Å². The summed E-state index contributed by atoms with van der Waals surface area (Å²) in [6, 6.07) is 15.8. The first-order valence-corrected chi connectivity index (χ1v) is 7.26. The summed E-state index contributed by atoms with van der Waals surface area (Å²) in [6.45, 7) is 8.24.